The third-order valence-electron chi connectivity index (χ3n) is 4.34. The van der Waals surface area contributed by atoms with Crippen molar-refractivity contribution < 1.29 is 23.8 Å². The summed E-state index contributed by atoms with van der Waals surface area (Å²) in [6, 6.07) is 14.4. The summed E-state index contributed by atoms with van der Waals surface area (Å²) in [5, 5.41) is 3.65. The fourth-order valence-corrected chi connectivity index (χ4v) is 2.81. The molecule has 1 atom stereocenters. The Labute approximate surface area is 174 Å². The summed E-state index contributed by atoms with van der Waals surface area (Å²) in [6.07, 6.45) is 3.60. The number of pyridine rings is 1. The highest BCUT2D eigenvalue weighted by Crippen LogP contribution is 2.26. The van der Waals surface area contributed by atoms with E-state index in [9.17, 15) is 9.59 Å². The zero-order valence-corrected chi connectivity index (χ0v) is 16.9. The zero-order valence-electron chi connectivity index (χ0n) is 16.9. The Morgan fingerprint density at radius 2 is 1.73 bits per heavy atom. The van der Waals surface area contributed by atoms with Gasteiger partial charge in [0.05, 0.1) is 19.7 Å². The van der Waals surface area contributed by atoms with Crippen molar-refractivity contribution in [3.63, 3.8) is 0 Å². The maximum atomic E-state index is 12.4. The molecule has 7 nitrogen and oxygen atoms in total. The molecule has 1 N–H and O–H groups in total. The monoisotopic (exact) mass is 406 g/mol. The van der Waals surface area contributed by atoms with Gasteiger partial charge in [-0.25, -0.2) is 4.79 Å². The third kappa shape index (κ3) is 5.14. The first-order valence-electron chi connectivity index (χ1n) is 9.26. The predicted octanol–water partition coefficient (Wildman–Crippen LogP) is 3.84. The highest BCUT2D eigenvalue weighted by molar-refractivity contribution is 5.97. The Morgan fingerprint density at radius 3 is 2.43 bits per heavy atom. The molecule has 0 radical (unpaired) electrons. The quantitative estimate of drug-likeness (QED) is 0.474. The highest BCUT2D eigenvalue weighted by Gasteiger charge is 2.17. The number of nitrogens with zero attached hydrogens (tertiary/aromatic N) is 1. The van der Waals surface area contributed by atoms with Gasteiger partial charge in [-0.2, -0.15) is 0 Å². The van der Waals surface area contributed by atoms with Gasteiger partial charge in [0, 0.05) is 47.1 Å². The number of methoxy groups -OCH3 is 2. The van der Waals surface area contributed by atoms with Crippen LogP contribution in [-0.4, -0.2) is 37.2 Å². The SMILES string of the molecule is COc1cc(NC(=O)C(C)OC(=O)/C=C/c2cccc3cccnc23)cc(OC)c1. The first kappa shape index (κ1) is 20.9. The number of rotatable bonds is 7. The summed E-state index contributed by atoms with van der Waals surface area (Å²) in [6.45, 7) is 1.50. The lowest BCUT2D eigenvalue weighted by Gasteiger charge is -2.14. The molecule has 2 aromatic carbocycles. The van der Waals surface area contributed by atoms with E-state index < -0.39 is 18.0 Å². The van der Waals surface area contributed by atoms with Crippen LogP contribution >= 0.6 is 0 Å². The normalized spacial score (nSPS) is 11.8. The fourth-order valence-electron chi connectivity index (χ4n) is 2.81. The molecule has 0 aliphatic rings. The van der Waals surface area contributed by atoms with Gasteiger partial charge in [0.15, 0.2) is 6.10 Å². The summed E-state index contributed by atoms with van der Waals surface area (Å²) in [5.41, 5.74) is 2.03. The fraction of sp³-hybridized carbons (Fsp3) is 0.174. The van der Waals surface area contributed by atoms with Crippen LogP contribution in [0.4, 0.5) is 5.69 Å². The number of nitrogens with one attached hydrogen (secondary N) is 1. The van der Waals surface area contributed by atoms with Crippen molar-refractivity contribution in [2.24, 2.45) is 0 Å². The number of hydrogen-bond donors (Lipinski definition) is 1. The van der Waals surface area contributed by atoms with E-state index in [1.165, 1.54) is 27.2 Å². The average molecular weight is 406 g/mol. The van der Waals surface area contributed by atoms with E-state index >= 15 is 0 Å². The Kier molecular flexibility index (Phi) is 6.64. The van der Waals surface area contributed by atoms with Gasteiger partial charge >= 0.3 is 5.97 Å². The maximum absolute atomic E-state index is 12.4. The smallest absolute Gasteiger partial charge is 0.331 e. The number of anilines is 1. The molecule has 0 saturated heterocycles. The van der Waals surface area contributed by atoms with E-state index in [-0.39, 0.29) is 0 Å². The second-order valence-corrected chi connectivity index (χ2v) is 6.43. The van der Waals surface area contributed by atoms with Crippen LogP contribution in [-0.2, 0) is 14.3 Å². The summed E-state index contributed by atoms with van der Waals surface area (Å²) >= 11 is 0. The third-order valence-corrected chi connectivity index (χ3v) is 4.34. The van der Waals surface area contributed by atoms with Gasteiger partial charge in [-0.15, -0.1) is 0 Å². The minimum Gasteiger partial charge on any atom is -0.497 e. The second kappa shape index (κ2) is 9.56. The molecule has 0 spiro atoms. The van der Waals surface area contributed by atoms with Gasteiger partial charge in [0.1, 0.15) is 11.5 Å². The minimum atomic E-state index is -0.995. The number of carbonyl (C=O) groups is 2. The van der Waals surface area contributed by atoms with Crippen molar-refractivity contribution in [1.82, 2.24) is 4.98 Å². The number of aromatic nitrogens is 1. The molecule has 1 unspecified atom stereocenters. The van der Waals surface area contributed by atoms with Crippen LogP contribution in [0, 0.1) is 0 Å². The van der Waals surface area contributed by atoms with Crippen LogP contribution in [0.1, 0.15) is 12.5 Å². The number of para-hydroxylation sites is 1. The molecule has 0 fully saturated rings. The molecule has 30 heavy (non-hydrogen) atoms. The molecule has 0 aliphatic carbocycles. The van der Waals surface area contributed by atoms with Crippen molar-refractivity contribution in [2.45, 2.75) is 13.0 Å². The lowest BCUT2D eigenvalue weighted by atomic mass is 10.1. The molecule has 1 amide bonds. The van der Waals surface area contributed by atoms with Crippen LogP contribution in [0.5, 0.6) is 11.5 Å². The molecular weight excluding hydrogens is 384 g/mol. The summed E-state index contributed by atoms with van der Waals surface area (Å²) in [4.78, 5) is 28.9. The molecule has 154 valence electrons. The minimum absolute atomic E-state index is 0.469. The lowest BCUT2D eigenvalue weighted by Crippen LogP contribution is -2.29. The maximum Gasteiger partial charge on any atom is 0.331 e. The number of hydrogen-bond acceptors (Lipinski definition) is 6. The Bertz CT molecular complexity index is 1070. The van der Waals surface area contributed by atoms with Crippen LogP contribution in [0.25, 0.3) is 17.0 Å². The Morgan fingerprint density at radius 1 is 1.03 bits per heavy atom. The van der Waals surface area contributed by atoms with E-state index in [0.29, 0.717) is 17.2 Å². The Balaban J connectivity index is 1.64. The number of ether oxygens (including phenoxy) is 3. The molecule has 1 heterocycles. The first-order chi connectivity index (χ1) is 14.5. The molecule has 1 aromatic heterocycles. The van der Waals surface area contributed by atoms with Crippen molar-refractivity contribution in [1.29, 1.82) is 0 Å². The van der Waals surface area contributed by atoms with Crippen LogP contribution in [0.15, 0.2) is 60.8 Å². The van der Waals surface area contributed by atoms with E-state index in [0.717, 1.165) is 16.5 Å². The molecule has 0 bridgehead atoms. The number of benzene rings is 2. The largest absolute Gasteiger partial charge is 0.497 e. The molecule has 0 saturated carbocycles. The van der Waals surface area contributed by atoms with Gasteiger partial charge in [0.2, 0.25) is 0 Å². The van der Waals surface area contributed by atoms with E-state index in [4.69, 9.17) is 14.2 Å². The molecule has 7 heteroatoms. The standard InChI is InChI=1S/C23H22N2O5/c1-15(23(27)25-18-12-19(28-2)14-20(13-18)29-3)30-21(26)10-9-17-7-4-6-16-8-5-11-24-22(16)17/h4-15H,1-3H3,(H,25,27)/b10-9+. The predicted molar refractivity (Wildman–Crippen MR) is 115 cm³/mol. The summed E-state index contributed by atoms with van der Waals surface area (Å²) in [7, 11) is 3.03. The van der Waals surface area contributed by atoms with Crippen LogP contribution in [0.3, 0.4) is 0 Å². The van der Waals surface area contributed by atoms with Crippen molar-refractivity contribution in [3.8, 4) is 11.5 Å². The van der Waals surface area contributed by atoms with Gasteiger partial charge in [-0.3, -0.25) is 9.78 Å². The van der Waals surface area contributed by atoms with Crippen molar-refractivity contribution in [2.75, 3.05) is 19.5 Å². The molecular formula is C23H22N2O5. The number of fused-ring (bicyclic) bond motifs is 1. The van der Waals surface area contributed by atoms with E-state index in [2.05, 4.69) is 10.3 Å². The average Bonchev–Trinajstić information content (AvgIpc) is 2.77. The molecule has 3 rings (SSSR count). The first-order valence-corrected chi connectivity index (χ1v) is 9.26. The van der Waals surface area contributed by atoms with Gasteiger partial charge in [-0.1, -0.05) is 24.3 Å². The summed E-state index contributed by atoms with van der Waals surface area (Å²) < 4.78 is 15.6. The summed E-state index contributed by atoms with van der Waals surface area (Å²) in [5.74, 6) is -0.0467. The highest BCUT2D eigenvalue weighted by atomic mass is 16.5. The zero-order chi connectivity index (χ0) is 21.5. The van der Waals surface area contributed by atoms with Crippen molar-refractivity contribution >= 4 is 34.5 Å². The van der Waals surface area contributed by atoms with Gasteiger partial charge in [-0.05, 0) is 19.1 Å². The number of carbonyl (C=O) groups excluding carboxylic acids is 2. The second-order valence-electron chi connectivity index (χ2n) is 6.43. The van der Waals surface area contributed by atoms with E-state index in [1.807, 2.05) is 30.3 Å². The number of amides is 1. The Hall–Kier alpha value is -3.87. The lowest BCUT2D eigenvalue weighted by molar-refractivity contribution is -0.148. The van der Waals surface area contributed by atoms with Crippen LogP contribution < -0.4 is 14.8 Å². The molecule has 3 aromatic rings. The number of esters is 1. The van der Waals surface area contributed by atoms with Crippen LogP contribution in [0.2, 0.25) is 0 Å². The van der Waals surface area contributed by atoms with E-state index in [1.54, 1.807) is 30.5 Å². The van der Waals surface area contributed by atoms with Gasteiger partial charge in [0.25, 0.3) is 5.91 Å². The topological polar surface area (TPSA) is 86.8 Å². The molecule has 0 aliphatic heterocycles. The van der Waals surface area contributed by atoms with Gasteiger partial charge < -0.3 is 19.5 Å². The van der Waals surface area contributed by atoms with Crippen molar-refractivity contribution in [3.05, 3.63) is 66.4 Å².